The van der Waals surface area contributed by atoms with Crippen molar-refractivity contribution in [3.63, 3.8) is 0 Å². The van der Waals surface area contributed by atoms with E-state index in [-0.39, 0.29) is 0 Å². The van der Waals surface area contributed by atoms with Gasteiger partial charge in [0, 0.05) is 0 Å². The fourth-order valence-electron chi connectivity index (χ4n) is 1.40. The van der Waals surface area contributed by atoms with Gasteiger partial charge >= 0.3 is 0 Å². The van der Waals surface area contributed by atoms with Crippen LogP contribution in [0.5, 0.6) is 0 Å². The fourth-order valence-corrected chi connectivity index (χ4v) is 1.40. The zero-order chi connectivity index (χ0) is 10.6. The lowest BCUT2D eigenvalue weighted by Gasteiger charge is -1.95. The van der Waals surface area contributed by atoms with E-state index in [9.17, 15) is 0 Å². The molecule has 82 valence electrons. The molecule has 0 heteroatoms. The largest absolute Gasteiger partial charge is 0.0843 e. The molecule has 0 spiro atoms. The highest BCUT2D eigenvalue weighted by Gasteiger charge is 1.85. The van der Waals surface area contributed by atoms with Crippen molar-refractivity contribution in [1.29, 1.82) is 0 Å². The van der Waals surface area contributed by atoms with Gasteiger partial charge in [0.1, 0.15) is 0 Å². The molecule has 0 amide bonds. The molecule has 0 aromatic rings. The maximum absolute atomic E-state index is 2.32. The van der Waals surface area contributed by atoms with E-state index in [0.29, 0.717) is 0 Å². The molecule has 0 aliphatic rings. The summed E-state index contributed by atoms with van der Waals surface area (Å²) in [5.41, 5.74) is 1.42. The Morgan fingerprint density at radius 2 is 1.71 bits per heavy atom. The van der Waals surface area contributed by atoms with Crippen LogP contribution in [0.4, 0.5) is 0 Å². The van der Waals surface area contributed by atoms with Crippen LogP contribution in [0.1, 0.15) is 65.7 Å². The Hall–Kier alpha value is -0.520. The van der Waals surface area contributed by atoms with Gasteiger partial charge in [0.25, 0.3) is 0 Å². The van der Waals surface area contributed by atoms with Gasteiger partial charge in [-0.25, -0.2) is 0 Å². The van der Waals surface area contributed by atoms with Crippen LogP contribution in [0, 0.1) is 0 Å². The van der Waals surface area contributed by atoms with Gasteiger partial charge in [-0.15, -0.1) is 0 Å². The van der Waals surface area contributed by atoms with Gasteiger partial charge in [0.05, 0.1) is 0 Å². The number of hydrogen-bond acceptors (Lipinski definition) is 0. The number of unbranched alkanes of at least 4 members (excludes halogenated alkanes) is 5. The summed E-state index contributed by atoms with van der Waals surface area (Å²) >= 11 is 0. The van der Waals surface area contributed by atoms with Crippen LogP contribution < -0.4 is 0 Å². The Kier molecular flexibility index (Phi) is 10.2. The van der Waals surface area contributed by atoms with Gasteiger partial charge in [0.2, 0.25) is 0 Å². The summed E-state index contributed by atoms with van der Waals surface area (Å²) in [5, 5.41) is 0. The van der Waals surface area contributed by atoms with Crippen LogP contribution in [0.3, 0.4) is 0 Å². The highest BCUT2D eigenvalue weighted by atomic mass is 13.9. The first-order chi connectivity index (χ1) is 6.81. The molecule has 0 N–H and O–H groups in total. The van der Waals surface area contributed by atoms with Gasteiger partial charge in [-0.2, -0.15) is 0 Å². The van der Waals surface area contributed by atoms with E-state index in [1.54, 1.807) is 0 Å². The molecule has 0 aromatic heterocycles. The molecule has 0 nitrogen and oxygen atoms in total. The summed E-state index contributed by atoms with van der Waals surface area (Å²) in [6.07, 6.45) is 16.1. The SMILES string of the molecule is CCCC=C(C)C=CCCCCCC. The average molecular weight is 194 g/mol. The van der Waals surface area contributed by atoms with Crippen molar-refractivity contribution in [2.75, 3.05) is 0 Å². The Morgan fingerprint density at radius 3 is 2.36 bits per heavy atom. The lowest BCUT2D eigenvalue weighted by atomic mass is 10.1. The zero-order valence-electron chi connectivity index (χ0n) is 10.2. The molecular weight excluding hydrogens is 168 g/mol. The molecule has 0 aromatic carbocycles. The van der Waals surface area contributed by atoms with Gasteiger partial charge < -0.3 is 0 Å². The third-order valence-corrected chi connectivity index (χ3v) is 2.36. The maximum atomic E-state index is 2.32. The van der Waals surface area contributed by atoms with E-state index in [4.69, 9.17) is 0 Å². The van der Waals surface area contributed by atoms with Crippen molar-refractivity contribution >= 4 is 0 Å². The highest BCUT2D eigenvalue weighted by Crippen LogP contribution is 2.05. The van der Waals surface area contributed by atoms with Crippen LogP contribution in [-0.4, -0.2) is 0 Å². The van der Waals surface area contributed by atoms with Crippen molar-refractivity contribution in [3.8, 4) is 0 Å². The number of hydrogen-bond donors (Lipinski definition) is 0. The summed E-state index contributed by atoms with van der Waals surface area (Å²) in [6, 6.07) is 0. The van der Waals surface area contributed by atoms with Gasteiger partial charge in [-0.3, -0.25) is 0 Å². The van der Waals surface area contributed by atoms with E-state index >= 15 is 0 Å². The molecule has 0 saturated heterocycles. The molecule has 0 saturated carbocycles. The first kappa shape index (κ1) is 13.5. The highest BCUT2D eigenvalue weighted by molar-refractivity contribution is 5.15. The molecule has 0 aliphatic carbocycles. The van der Waals surface area contributed by atoms with E-state index < -0.39 is 0 Å². The summed E-state index contributed by atoms with van der Waals surface area (Å²) in [6.45, 7) is 6.67. The molecular formula is C14H26. The second kappa shape index (κ2) is 10.6. The van der Waals surface area contributed by atoms with Crippen LogP contribution in [0.15, 0.2) is 23.8 Å². The van der Waals surface area contributed by atoms with E-state index in [2.05, 4.69) is 39.0 Å². The summed E-state index contributed by atoms with van der Waals surface area (Å²) in [7, 11) is 0. The van der Waals surface area contributed by atoms with Crippen LogP contribution in [-0.2, 0) is 0 Å². The van der Waals surface area contributed by atoms with Gasteiger partial charge in [0.15, 0.2) is 0 Å². The summed E-state index contributed by atoms with van der Waals surface area (Å²) in [4.78, 5) is 0. The Morgan fingerprint density at radius 1 is 0.929 bits per heavy atom. The topological polar surface area (TPSA) is 0 Å². The molecule has 0 unspecified atom stereocenters. The van der Waals surface area contributed by atoms with Crippen LogP contribution in [0.25, 0.3) is 0 Å². The predicted molar refractivity (Wildman–Crippen MR) is 66.6 cm³/mol. The molecule has 14 heavy (non-hydrogen) atoms. The van der Waals surface area contributed by atoms with Crippen molar-refractivity contribution in [2.45, 2.75) is 65.7 Å². The van der Waals surface area contributed by atoms with Gasteiger partial charge in [-0.05, 0) is 26.2 Å². The standard InChI is InChI=1S/C14H26/c1-4-6-8-9-10-11-13-14(3)12-7-5-2/h11-13H,4-10H2,1-3H3. The molecule has 0 radical (unpaired) electrons. The van der Waals surface area contributed by atoms with Crippen molar-refractivity contribution in [1.82, 2.24) is 0 Å². The second-order valence-electron chi connectivity index (χ2n) is 3.99. The van der Waals surface area contributed by atoms with Gasteiger partial charge in [-0.1, -0.05) is 63.3 Å². The van der Waals surface area contributed by atoms with E-state index in [0.717, 1.165) is 0 Å². The second-order valence-corrected chi connectivity index (χ2v) is 3.99. The number of allylic oxidation sites excluding steroid dienone is 4. The molecule has 0 bridgehead atoms. The molecule has 0 rings (SSSR count). The third kappa shape index (κ3) is 9.57. The molecule has 0 heterocycles. The summed E-state index contributed by atoms with van der Waals surface area (Å²) in [5.74, 6) is 0. The van der Waals surface area contributed by atoms with Crippen molar-refractivity contribution in [2.24, 2.45) is 0 Å². The maximum Gasteiger partial charge on any atom is -0.0348 e. The fraction of sp³-hybridized carbons (Fsp3) is 0.714. The minimum Gasteiger partial charge on any atom is -0.0843 e. The number of rotatable bonds is 8. The quantitative estimate of drug-likeness (QED) is 0.365. The van der Waals surface area contributed by atoms with E-state index in [1.807, 2.05) is 0 Å². The van der Waals surface area contributed by atoms with Crippen molar-refractivity contribution in [3.05, 3.63) is 23.8 Å². The molecule has 0 aliphatic heterocycles. The van der Waals surface area contributed by atoms with E-state index in [1.165, 1.54) is 50.5 Å². The zero-order valence-corrected chi connectivity index (χ0v) is 10.2. The molecule has 0 atom stereocenters. The normalized spacial score (nSPS) is 12.6. The summed E-state index contributed by atoms with van der Waals surface area (Å²) < 4.78 is 0. The van der Waals surface area contributed by atoms with Crippen molar-refractivity contribution < 1.29 is 0 Å². The minimum absolute atomic E-state index is 1.21. The first-order valence-electron chi connectivity index (χ1n) is 6.14. The molecule has 0 fully saturated rings. The van der Waals surface area contributed by atoms with Crippen LogP contribution >= 0.6 is 0 Å². The first-order valence-corrected chi connectivity index (χ1v) is 6.14. The monoisotopic (exact) mass is 194 g/mol. The Labute approximate surface area is 90.1 Å². The third-order valence-electron chi connectivity index (χ3n) is 2.36. The minimum atomic E-state index is 1.21. The Balaban J connectivity index is 3.41. The lowest BCUT2D eigenvalue weighted by Crippen LogP contribution is -1.74. The average Bonchev–Trinajstić information content (AvgIpc) is 2.20. The smallest absolute Gasteiger partial charge is 0.0348 e. The lowest BCUT2D eigenvalue weighted by molar-refractivity contribution is 0.674. The van der Waals surface area contributed by atoms with Crippen LogP contribution in [0.2, 0.25) is 0 Å². The predicted octanol–water partition coefficient (Wildman–Crippen LogP) is 5.26. The Bertz CT molecular complexity index is 163.